The molecule has 5 heteroatoms. The van der Waals surface area contributed by atoms with Crippen LogP contribution in [-0.2, 0) is 11.2 Å². The van der Waals surface area contributed by atoms with Crippen molar-refractivity contribution in [2.45, 2.75) is 31.7 Å². The third-order valence-corrected chi connectivity index (χ3v) is 4.30. The van der Waals surface area contributed by atoms with Crippen LogP contribution >= 0.6 is 0 Å². The van der Waals surface area contributed by atoms with Crippen LogP contribution in [0.2, 0.25) is 0 Å². The maximum Gasteiger partial charge on any atom is 0.223 e. The number of nitrogens with one attached hydrogen (secondary N) is 1. The Balaban J connectivity index is 1.56. The van der Waals surface area contributed by atoms with Crippen LogP contribution in [0.4, 0.5) is 0 Å². The van der Waals surface area contributed by atoms with Gasteiger partial charge in [0.2, 0.25) is 5.91 Å². The molecule has 1 atom stereocenters. The molecule has 2 aromatic rings. The predicted molar refractivity (Wildman–Crippen MR) is 88.9 cm³/mol. The van der Waals surface area contributed by atoms with Crippen molar-refractivity contribution in [3.8, 4) is 11.3 Å². The van der Waals surface area contributed by atoms with Crippen LogP contribution in [-0.4, -0.2) is 42.0 Å². The second-order valence-electron chi connectivity index (χ2n) is 5.93. The quantitative estimate of drug-likeness (QED) is 0.890. The highest BCUT2D eigenvalue weighted by Crippen LogP contribution is 2.21. The van der Waals surface area contributed by atoms with E-state index in [1.807, 2.05) is 42.3 Å². The zero-order valence-corrected chi connectivity index (χ0v) is 13.5. The number of nitrogens with zero attached hydrogens (tertiary/aromatic N) is 2. The third kappa shape index (κ3) is 3.79. The van der Waals surface area contributed by atoms with E-state index in [-0.39, 0.29) is 5.91 Å². The summed E-state index contributed by atoms with van der Waals surface area (Å²) in [5, 5.41) is 3.17. The van der Waals surface area contributed by atoms with E-state index >= 15 is 0 Å². The van der Waals surface area contributed by atoms with Gasteiger partial charge in [-0.15, -0.1) is 0 Å². The number of carbonyl (C=O) groups excluding carboxylic acids is 1. The van der Waals surface area contributed by atoms with Gasteiger partial charge in [-0.05, 0) is 19.9 Å². The van der Waals surface area contributed by atoms with E-state index in [4.69, 9.17) is 4.42 Å². The number of hydrogen-bond acceptors (Lipinski definition) is 4. The van der Waals surface area contributed by atoms with E-state index in [9.17, 15) is 4.79 Å². The number of amides is 1. The van der Waals surface area contributed by atoms with Gasteiger partial charge in [0.1, 0.15) is 0 Å². The van der Waals surface area contributed by atoms with Crippen LogP contribution in [0.1, 0.15) is 25.2 Å². The van der Waals surface area contributed by atoms with Crippen LogP contribution in [0, 0.1) is 0 Å². The fraction of sp³-hybridized carbons (Fsp3) is 0.444. The van der Waals surface area contributed by atoms with Crippen molar-refractivity contribution in [2.24, 2.45) is 0 Å². The van der Waals surface area contributed by atoms with E-state index in [1.165, 1.54) is 0 Å². The lowest BCUT2D eigenvalue weighted by molar-refractivity contribution is -0.131. The van der Waals surface area contributed by atoms with E-state index in [0.717, 1.165) is 37.3 Å². The molecule has 23 heavy (non-hydrogen) atoms. The largest absolute Gasteiger partial charge is 0.441 e. The Bertz CT molecular complexity index is 639. The van der Waals surface area contributed by atoms with E-state index in [1.54, 1.807) is 6.20 Å². The summed E-state index contributed by atoms with van der Waals surface area (Å²) in [6.45, 7) is 1.73. The average molecular weight is 313 g/mol. The van der Waals surface area contributed by atoms with Gasteiger partial charge >= 0.3 is 0 Å². The molecule has 1 fully saturated rings. The van der Waals surface area contributed by atoms with Gasteiger partial charge in [0.25, 0.3) is 0 Å². The van der Waals surface area contributed by atoms with Crippen LogP contribution in [0.15, 0.2) is 40.9 Å². The Morgan fingerprint density at radius 2 is 2.22 bits per heavy atom. The first-order valence-electron chi connectivity index (χ1n) is 8.22. The second kappa shape index (κ2) is 7.42. The summed E-state index contributed by atoms with van der Waals surface area (Å²) in [6, 6.07) is 10.2. The van der Waals surface area contributed by atoms with Gasteiger partial charge in [-0.1, -0.05) is 30.3 Å². The maximum absolute atomic E-state index is 12.4. The van der Waals surface area contributed by atoms with Crippen LogP contribution < -0.4 is 5.32 Å². The molecule has 1 N–H and O–H groups in total. The fourth-order valence-corrected chi connectivity index (χ4v) is 3.13. The molecule has 0 radical (unpaired) electrons. The number of aryl methyl sites for hydroxylation is 1. The highest BCUT2D eigenvalue weighted by molar-refractivity contribution is 5.77. The second-order valence-corrected chi connectivity index (χ2v) is 5.93. The first kappa shape index (κ1) is 15.7. The summed E-state index contributed by atoms with van der Waals surface area (Å²) >= 11 is 0. The van der Waals surface area contributed by atoms with Gasteiger partial charge in [0.15, 0.2) is 11.7 Å². The van der Waals surface area contributed by atoms with Crippen molar-refractivity contribution in [3.05, 3.63) is 42.4 Å². The molecule has 1 aliphatic heterocycles. The predicted octanol–water partition coefficient (Wildman–Crippen LogP) is 2.48. The maximum atomic E-state index is 12.4. The summed E-state index contributed by atoms with van der Waals surface area (Å²) in [7, 11) is 1.93. The van der Waals surface area contributed by atoms with Gasteiger partial charge in [0, 0.05) is 37.5 Å². The molecular formula is C18H23N3O2. The molecule has 0 bridgehead atoms. The summed E-state index contributed by atoms with van der Waals surface area (Å²) in [6.07, 6.45) is 4.91. The van der Waals surface area contributed by atoms with E-state index < -0.39 is 0 Å². The molecular weight excluding hydrogens is 290 g/mol. The molecule has 0 aliphatic carbocycles. The Morgan fingerprint density at radius 3 is 3.00 bits per heavy atom. The molecule has 2 heterocycles. The molecule has 122 valence electrons. The van der Waals surface area contributed by atoms with Crippen molar-refractivity contribution >= 4 is 5.91 Å². The lowest BCUT2D eigenvalue weighted by atomic mass is 10.2. The molecule has 1 aromatic carbocycles. The van der Waals surface area contributed by atoms with Crippen molar-refractivity contribution < 1.29 is 9.21 Å². The minimum atomic E-state index is 0.196. The summed E-state index contributed by atoms with van der Waals surface area (Å²) in [4.78, 5) is 18.7. The first-order valence-corrected chi connectivity index (χ1v) is 8.22. The lowest BCUT2D eigenvalue weighted by Gasteiger charge is -2.24. The number of carbonyl (C=O) groups is 1. The van der Waals surface area contributed by atoms with Gasteiger partial charge in [-0.25, -0.2) is 4.98 Å². The number of likely N-dealkylation sites (N-methyl/N-ethyl adjacent to an activating group) is 1. The molecule has 0 saturated carbocycles. The van der Waals surface area contributed by atoms with E-state index in [0.29, 0.717) is 24.8 Å². The number of aromatic nitrogens is 1. The lowest BCUT2D eigenvalue weighted by Crippen LogP contribution is -2.40. The molecule has 0 spiro atoms. The molecule has 1 unspecified atom stereocenters. The van der Waals surface area contributed by atoms with Crippen molar-refractivity contribution in [3.63, 3.8) is 0 Å². The Morgan fingerprint density at radius 1 is 1.39 bits per heavy atom. The Hall–Kier alpha value is -2.14. The summed E-state index contributed by atoms with van der Waals surface area (Å²) < 4.78 is 5.76. The SMILES string of the molecule is CNCC1CCCN1C(=O)CCc1ncc(-c2ccccc2)o1. The molecule has 1 amide bonds. The van der Waals surface area contributed by atoms with Crippen molar-refractivity contribution in [1.82, 2.24) is 15.2 Å². The van der Waals surface area contributed by atoms with Crippen molar-refractivity contribution in [2.75, 3.05) is 20.1 Å². The fourth-order valence-electron chi connectivity index (χ4n) is 3.13. The van der Waals surface area contributed by atoms with Crippen LogP contribution in [0.3, 0.4) is 0 Å². The minimum absolute atomic E-state index is 0.196. The summed E-state index contributed by atoms with van der Waals surface area (Å²) in [5.74, 6) is 1.58. The molecule has 3 rings (SSSR count). The first-order chi connectivity index (χ1) is 11.3. The number of oxazole rings is 1. The minimum Gasteiger partial charge on any atom is -0.441 e. The normalized spacial score (nSPS) is 17.6. The number of likely N-dealkylation sites (tertiary alicyclic amines) is 1. The van der Waals surface area contributed by atoms with Gasteiger partial charge in [0.05, 0.1) is 6.20 Å². The van der Waals surface area contributed by atoms with Gasteiger partial charge in [-0.2, -0.15) is 0 Å². The standard InChI is InChI=1S/C18H23N3O2/c1-19-12-15-8-5-11-21(15)18(22)10-9-17-20-13-16(23-17)14-6-3-2-4-7-14/h2-4,6-7,13,15,19H,5,8-12H2,1H3. The number of rotatable bonds is 6. The van der Waals surface area contributed by atoms with Gasteiger partial charge < -0.3 is 14.6 Å². The van der Waals surface area contributed by atoms with Gasteiger partial charge in [-0.3, -0.25) is 4.79 Å². The molecule has 5 nitrogen and oxygen atoms in total. The summed E-state index contributed by atoms with van der Waals surface area (Å²) in [5.41, 5.74) is 1.01. The Labute approximate surface area is 136 Å². The number of hydrogen-bond donors (Lipinski definition) is 1. The topological polar surface area (TPSA) is 58.4 Å². The highest BCUT2D eigenvalue weighted by Gasteiger charge is 2.27. The average Bonchev–Trinajstić information content (AvgIpc) is 3.23. The molecule has 1 aliphatic rings. The number of benzene rings is 1. The zero-order valence-electron chi connectivity index (χ0n) is 13.5. The molecule has 1 saturated heterocycles. The monoisotopic (exact) mass is 313 g/mol. The third-order valence-electron chi connectivity index (χ3n) is 4.30. The van der Waals surface area contributed by atoms with Crippen LogP contribution in [0.5, 0.6) is 0 Å². The Kier molecular flexibility index (Phi) is 5.08. The zero-order chi connectivity index (χ0) is 16.1. The van der Waals surface area contributed by atoms with E-state index in [2.05, 4.69) is 10.3 Å². The van der Waals surface area contributed by atoms with Crippen molar-refractivity contribution in [1.29, 1.82) is 0 Å². The van der Waals surface area contributed by atoms with Crippen LogP contribution in [0.25, 0.3) is 11.3 Å². The smallest absolute Gasteiger partial charge is 0.223 e. The molecule has 1 aromatic heterocycles. The highest BCUT2D eigenvalue weighted by atomic mass is 16.4.